The van der Waals surface area contributed by atoms with Gasteiger partial charge in [0.1, 0.15) is 5.82 Å². The summed E-state index contributed by atoms with van der Waals surface area (Å²) in [7, 11) is -3.17. The van der Waals surface area contributed by atoms with E-state index < -0.39 is 15.6 Å². The Labute approximate surface area is 131 Å². The van der Waals surface area contributed by atoms with Crippen molar-refractivity contribution in [3.8, 4) is 0 Å². The summed E-state index contributed by atoms with van der Waals surface area (Å²) in [4.78, 5) is 10.6. The zero-order valence-corrected chi connectivity index (χ0v) is 13.6. The third-order valence-electron chi connectivity index (χ3n) is 4.38. The number of aromatic nitrogens is 2. The van der Waals surface area contributed by atoms with Crippen LogP contribution in [0, 0.1) is 0 Å². The van der Waals surface area contributed by atoms with Crippen molar-refractivity contribution in [1.82, 2.24) is 14.3 Å². The molecule has 1 spiro atoms. The monoisotopic (exact) mass is 326 g/mol. The van der Waals surface area contributed by atoms with Crippen molar-refractivity contribution in [2.75, 3.05) is 43.4 Å². The Morgan fingerprint density at radius 3 is 2.91 bits per heavy atom. The van der Waals surface area contributed by atoms with Crippen LogP contribution in [0.4, 0.5) is 5.82 Å². The molecule has 2 aliphatic heterocycles. The van der Waals surface area contributed by atoms with Gasteiger partial charge < -0.3 is 9.64 Å². The molecule has 1 atom stereocenters. The molecule has 0 amide bonds. The van der Waals surface area contributed by atoms with Crippen molar-refractivity contribution < 1.29 is 13.2 Å². The Balaban J connectivity index is 1.78. The molecule has 1 aromatic heterocycles. The van der Waals surface area contributed by atoms with Crippen LogP contribution in [0.1, 0.15) is 19.8 Å². The minimum absolute atomic E-state index is 0.136. The molecule has 3 rings (SSSR count). The zero-order chi connectivity index (χ0) is 15.6. The van der Waals surface area contributed by atoms with Gasteiger partial charge in [-0.3, -0.25) is 4.98 Å². The third kappa shape index (κ3) is 3.09. The topological polar surface area (TPSA) is 75.6 Å². The number of piperidine rings is 1. The molecule has 22 heavy (non-hydrogen) atoms. The van der Waals surface area contributed by atoms with Gasteiger partial charge >= 0.3 is 0 Å². The number of hydrogen-bond donors (Lipinski definition) is 0. The molecule has 0 bridgehead atoms. The molecule has 2 fully saturated rings. The van der Waals surface area contributed by atoms with Gasteiger partial charge in [-0.2, -0.15) is 4.31 Å². The van der Waals surface area contributed by atoms with Crippen molar-refractivity contribution in [3.63, 3.8) is 0 Å². The van der Waals surface area contributed by atoms with E-state index in [9.17, 15) is 8.42 Å². The number of hydrogen-bond acceptors (Lipinski definition) is 6. The fourth-order valence-electron chi connectivity index (χ4n) is 3.23. The lowest BCUT2D eigenvalue weighted by molar-refractivity contribution is -0.0950. The smallest absolute Gasteiger partial charge is 0.214 e. The number of morpholine rings is 1. The van der Waals surface area contributed by atoms with Gasteiger partial charge in [-0.05, 0) is 19.8 Å². The molecule has 8 heteroatoms. The predicted octanol–water partition coefficient (Wildman–Crippen LogP) is 0.497. The van der Waals surface area contributed by atoms with Crippen LogP contribution in [0.5, 0.6) is 0 Å². The van der Waals surface area contributed by atoms with Crippen LogP contribution in [0.3, 0.4) is 0 Å². The third-order valence-corrected chi connectivity index (χ3v) is 6.21. The number of anilines is 1. The average Bonchev–Trinajstić information content (AvgIpc) is 2.56. The van der Waals surface area contributed by atoms with Crippen LogP contribution in [0.15, 0.2) is 18.6 Å². The van der Waals surface area contributed by atoms with Crippen LogP contribution in [-0.4, -0.2) is 66.8 Å². The molecule has 0 saturated carbocycles. The van der Waals surface area contributed by atoms with Gasteiger partial charge in [0.15, 0.2) is 0 Å². The maximum Gasteiger partial charge on any atom is 0.214 e. The first-order valence-corrected chi connectivity index (χ1v) is 9.28. The second-order valence-corrected chi connectivity index (χ2v) is 8.11. The quantitative estimate of drug-likeness (QED) is 0.805. The van der Waals surface area contributed by atoms with Crippen LogP contribution < -0.4 is 4.90 Å². The molecular formula is C14H22N4O3S. The van der Waals surface area contributed by atoms with Gasteiger partial charge in [-0.25, -0.2) is 13.4 Å². The van der Waals surface area contributed by atoms with Gasteiger partial charge in [0, 0.05) is 38.6 Å². The first-order chi connectivity index (χ1) is 10.5. The van der Waals surface area contributed by atoms with E-state index in [-0.39, 0.29) is 5.75 Å². The van der Waals surface area contributed by atoms with E-state index in [2.05, 4.69) is 14.9 Å². The lowest BCUT2D eigenvalue weighted by Crippen LogP contribution is -2.61. The van der Waals surface area contributed by atoms with E-state index >= 15 is 0 Å². The number of rotatable bonds is 3. The van der Waals surface area contributed by atoms with Gasteiger partial charge in [0.05, 0.1) is 24.2 Å². The molecule has 7 nitrogen and oxygen atoms in total. The van der Waals surface area contributed by atoms with E-state index in [0.29, 0.717) is 26.2 Å². The molecule has 1 aromatic rings. The highest BCUT2D eigenvalue weighted by Crippen LogP contribution is 2.31. The lowest BCUT2D eigenvalue weighted by atomic mass is 9.91. The molecule has 0 unspecified atom stereocenters. The van der Waals surface area contributed by atoms with Crippen molar-refractivity contribution in [2.24, 2.45) is 0 Å². The predicted molar refractivity (Wildman–Crippen MR) is 83.2 cm³/mol. The second-order valence-electron chi connectivity index (χ2n) is 5.85. The minimum atomic E-state index is -3.17. The molecule has 3 heterocycles. The van der Waals surface area contributed by atoms with Crippen LogP contribution >= 0.6 is 0 Å². The first kappa shape index (κ1) is 15.6. The van der Waals surface area contributed by atoms with Crippen molar-refractivity contribution in [2.45, 2.75) is 25.4 Å². The fraction of sp³-hybridized carbons (Fsp3) is 0.714. The van der Waals surface area contributed by atoms with E-state index in [1.165, 1.54) is 0 Å². The number of nitrogens with zero attached hydrogens (tertiary/aromatic N) is 4. The van der Waals surface area contributed by atoms with Gasteiger partial charge in [0.25, 0.3) is 0 Å². The molecule has 0 radical (unpaired) electrons. The highest BCUT2D eigenvalue weighted by atomic mass is 32.2. The molecule has 2 saturated heterocycles. The summed E-state index contributed by atoms with van der Waals surface area (Å²) in [6.07, 6.45) is 6.89. The fourth-order valence-corrected chi connectivity index (χ4v) is 4.37. The van der Waals surface area contributed by atoms with Gasteiger partial charge in [-0.1, -0.05) is 0 Å². The van der Waals surface area contributed by atoms with Crippen molar-refractivity contribution >= 4 is 15.8 Å². The SMILES string of the molecule is CCS(=O)(=O)N1CCO[C@@]2(CCCN(c3cnccn3)C2)C1. The standard InChI is InChI=1S/C14H22N4O3S/c1-2-22(19,20)18-8-9-21-14(12-18)4-3-7-17(11-14)13-10-15-5-6-16-13/h5-6,10H,2-4,7-9,11-12H2,1H3/t14-/m1/s1. The van der Waals surface area contributed by atoms with E-state index in [1.807, 2.05) is 0 Å². The van der Waals surface area contributed by atoms with E-state index in [4.69, 9.17) is 4.74 Å². The Hall–Kier alpha value is -1.25. The second kappa shape index (κ2) is 6.10. The van der Waals surface area contributed by atoms with Gasteiger partial charge in [-0.15, -0.1) is 0 Å². The lowest BCUT2D eigenvalue weighted by Gasteiger charge is -2.47. The van der Waals surface area contributed by atoms with Crippen LogP contribution in [-0.2, 0) is 14.8 Å². The molecule has 0 aliphatic carbocycles. The Bertz CT molecular complexity index is 606. The van der Waals surface area contributed by atoms with Crippen LogP contribution in [0.2, 0.25) is 0 Å². The summed E-state index contributed by atoms with van der Waals surface area (Å²) in [5.74, 6) is 0.956. The van der Waals surface area contributed by atoms with Crippen molar-refractivity contribution in [1.29, 1.82) is 0 Å². The van der Waals surface area contributed by atoms with Crippen LogP contribution in [0.25, 0.3) is 0 Å². The summed E-state index contributed by atoms with van der Waals surface area (Å²) in [6.45, 7) is 4.56. The molecule has 0 N–H and O–H groups in total. The highest BCUT2D eigenvalue weighted by Gasteiger charge is 2.43. The maximum atomic E-state index is 12.2. The molecule has 0 aromatic carbocycles. The first-order valence-electron chi connectivity index (χ1n) is 7.67. The molecule has 2 aliphatic rings. The van der Waals surface area contributed by atoms with E-state index in [1.54, 1.807) is 29.8 Å². The van der Waals surface area contributed by atoms with Gasteiger partial charge in [0.2, 0.25) is 10.0 Å². The summed E-state index contributed by atoms with van der Waals surface area (Å²) in [5, 5.41) is 0. The highest BCUT2D eigenvalue weighted by molar-refractivity contribution is 7.89. The molecule has 122 valence electrons. The summed E-state index contributed by atoms with van der Waals surface area (Å²) in [5.41, 5.74) is -0.434. The summed E-state index contributed by atoms with van der Waals surface area (Å²) < 4.78 is 31.9. The summed E-state index contributed by atoms with van der Waals surface area (Å²) in [6, 6.07) is 0. The Morgan fingerprint density at radius 2 is 2.18 bits per heavy atom. The average molecular weight is 326 g/mol. The molecular weight excluding hydrogens is 304 g/mol. The Morgan fingerprint density at radius 1 is 1.32 bits per heavy atom. The normalized spacial score (nSPS) is 27.2. The Kier molecular flexibility index (Phi) is 4.33. The number of ether oxygens (including phenoxy) is 1. The number of sulfonamides is 1. The summed E-state index contributed by atoms with van der Waals surface area (Å²) >= 11 is 0. The zero-order valence-electron chi connectivity index (χ0n) is 12.8. The maximum absolute atomic E-state index is 12.2. The van der Waals surface area contributed by atoms with Crippen molar-refractivity contribution in [3.05, 3.63) is 18.6 Å². The van der Waals surface area contributed by atoms with E-state index in [0.717, 1.165) is 25.2 Å². The minimum Gasteiger partial charge on any atom is -0.370 e. The largest absolute Gasteiger partial charge is 0.370 e.